The van der Waals surface area contributed by atoms with Crippen LogP contribution in [0.3, 0.4) is 0 Å². The Labute approximate surface area is 131 Å². The number of halogens is 1. The van der Waals surface area contributed by atoms with Crippen LogP contribution in [0.5, 0.6) is 0 Å². The summed E-state index contributed by atoms with van der Waals surface area (Å²) in [5.41, 5.74) is 0.930. The van der Waals surface area contributed by atoms with Crippen LogP contribution in [0.15, 0.2) is 24.3 Å². The molecule has 1 aromatic carbocycles. The molecule has 2 saturated heterocycles. The van der Waals surface area contributed by atoms with Gasteiger partial charge < -0.3 is 10.2 Å². The SMILES string of the molecule is CC1CC(c2cccc(F)c2)N(C(=O)[C@H]2CCN[C@@H](C)C2)C1. The standard InChI is InChI=1S/C18H25FN2O/c1-12-8-17(14-4-3-5-16(19)10-14)21(11-12)18(22)15-6-7-20-13(2)9-15/h3-5,10,12-13,15,17,20H,6-9,11H2,1-2H3/t12?,13-,15-,17?/m0/s1. The van der Waals surface area contributed by atoms with Gasteiger partial charge in [0.1, 0.15) is 5.82 Å². The molecule has 2 aliphatic rings. The number of hydrogen-bond donors (Lipinski definition) is 1. The summed E-state index contributed by atoms with van der Waals surface area (Å²) in [5, 5.41) is 3.40. The number of carbonyl (C=O) groups excluding carboxylic acids is 1. The van der Waals surface area contributed by atoms with Crippen LogP contribution in [-0.2, 0) is 4.79 Å². The molecule has 0 spiro atoms. The number of carbonyl (C=O) groups is 1. The fraction of sp³-hybridized carbons (Fsp3) is 0.611. The number of hydrogen-bond acceptors (Lipinski definition) is 2. The minimum Gasteiger partial charge on any atom is -0.335 e. The summed E-state index contributed by atoms with van der Waals surface area (Å²) in [5.74, 6) is 0.612. The smallest absolute Gasteiger partial charge is 0.226 e. The Balaban J connectivity index is 1.79. The van der Waals surface area contributed by atoms with Crippen molar-refractivity contribution >= 4 is 5.91 Å². The van der Waals surface area contributed by atoms with Gasteiger partial charge in [-0.2, -0.15) is 0 Å². The van der Waals surface area contributed by atoms with Crippen molar-refractivity contribution in [3.63, 3.8) is 0 Å². The van der Waals surface area contributed by atoms with Gasteiger partial charge in [0.05, 0.1) is 6.04 Å². The Morgan fingerprint density at radius 2 is 2.14 bits per heavy atom. The van der Waals surface area contributed by atoms with Gasteiger partial charge in [-0.25, -0.2) is 4.39 Å². The van der Waals surface area contributed by atoms with Gasteiger partial charge in [0.2, 0.25) is 5.91 Å². The molecule has 120 valence electrons. The highest BCUT2D eigenvalue weighted by molar-refractivity contribution is 5.80. The Morgan fingerprint density at radius 1 is 1.32 bits per heavy atom. The number of rotatable bonds is 2. The second-order valence-corrected chi connectivity index (χ2v) is 6.98. The molecule has 1 aromatic rings. The zero-order chi connectivity index (χ0) is 15.7. The van der Waals surface area contributed by atoms with Gasteiger partial charge in [0.15, 0.2) is 0 Å². The van der Waals surface area contributed by atoms with E-state index in [-0.39, 0.29) is 23.7 Å². The average molecular weight is 304 g/mol. The largest absolute Gasteiger partial charge is 0.335 e. The molecule has 0 aliphatic carbocycles. The molecular formula is C18H25FN2O. The van der Waals surface area contributed by atoms with Gasteiger partial charge in [0.25, 0.3) is 0 Å². The maximum atomic E-state index is 13.5. The van der Waals surface area contributed by atoms with E-state index in [0.717, 1.165) is 37.9 Å². The summed E-state index contributed by atoms with van der Waals surface area (Å²) >= 11 is 0. The number of nitrogens with zero attached hydrogens (tertiary/aromatic N) is 1. The van der Waals surface area contributed by atoms with E-state index in [1.807, 2.05) is 11.0 Å². The molecule has 0 aromatic heterocycles. The van der Waals surface area contributed by atoms with E-state index in [1.165, 1.54) is 6.07 Å². The number of likely N-dealkylation sites (tertiary alicyclic amines) is 1. The van der Waals surface area contributed by atoms with Gasteiger partial charge in [-0.3, -0.25) is 4.79 Å². The molecule has 22 heavy (non-hydrogen) atoms. The van der Waals surface area contributed by atoms with Crippen molar-refractivity contribution in [2.24, 2.45) is 11.8 Å². The van der Waals surface area contributed by atoms with Crippen LogP contribution in [0, 0.1) is 17.7 Å². The van der Waals surface area contributed by atoms with Crippen molar-refractivity contribution in [2.45, 2.75) is 45.2 Å². The van der Waals surface area contributed by atoms with Crippen molar-refractivity contribution in [3.05, 3.63) is 35.6 Å². The zero-order valence-corrected chi connectivity index (χ0v) is 13.4. The Kier molecular flexibility index (Phi) is 4.48. The number of piperidine rings is 1. The highest BCUT2D eigenvalue weighted by atomic mass is 19.1. The maximum absolute atomic E-state index is 13.5. The van der Waals surface area contributed by atoms with Crippen LogP contribution in [0.25, 0.3) is 0 Å². The molecular weight excluding hydrogens is 279 g/mol. The quantitative estimate of drug-likeness (QED) is 0.910. The molecule has 0 radical (unpaired) electrons. The summed E-state index contributed by atoms with van der Waals surface area (Å²) in [6.07, 6.45) is 2.74. The Morgan fingerprint density at radius 3 is 2.86 bits per heavy atom. The van der Waals surface area contributed by atoms with Gasteiger partial charge >= 0.3 is 0 Å². The monoisotopic (exact) mass is 304 g/mol. The summed E-state index contributed by atoms with van der Waals surface area (Å²) < 4.78 is 13.5. The molecule has 3 nitrogen and oxygen atoms in total. The summed E-state index contributed by atoms with van der Waals surface area (Å²) in [6.45, 7) is 6.00. The first-order valence-electron chi connectivity index (χ1n) is 8.34. The zero-order valence-electron chi connectivity index (χ0n) is 13.4. The minimum atomic E-state index is -0.222. The third-order valence-corrected chi connectivity index (χ3v) is 5.00. The Hall–Kier alpha value is -1.42. The topological polar surface area (TPSA) is 32.3 Å². The van der Waals surface area contributed by atoms with E-state index in [1.54, 1.807) is 12.1 Å². The van der Waals surface area contributed by atoms with E-state index in [9.17, 15) is 9.18 Å². The fourth-order valence-electron chi connectivity index (χ4n) is 3.91. The van der Waals surface area contributed by atoms with E-state index in [0.29, 0.717) is 12.0 Å². The van der Waals surface area contributed by atoms with Gasteiger partial charge in [-0.05, 0) is 56.3 Å². The van der Waals surface area contributed by atoms with Gasteiger partial charge in [-0.15, -0.1) is 0 Å². The minimum absolute atomic E-state index is 0.0309. The molecule has 4 atom stereocenters. The lowest BCUT2D eigenvalue weighted by Crippen LogP contribution is -2.44. The molecule has 2 aliphatic heterocycles. The number of benzene rings is 1. The van der Waals surface area contributed by atoms with Crippen LogP contribution in [0.1, 0.15) is 44.7 Å². The predicted molar refractivity (Wildman–Crippen MR) is 84.8 cm³/mol. The predicted octanol–water partition coefficient (Wildman–Crippen LogP) is 3.12. The molecule has 2 fully saturated rings. The number of amides is 1. The van der Waals surface area contributed by atoms with E-state index in [4.69, 9.17) is 0 Å². The first-order valence-corrected chi connectivity index (χ1v) is 8.34. The normalized spacial score (nSPS) is 32.2. The van der Waals surface area contributed by atoms with Crippen LogP contribution in [0.2, 0.25) is 0 Å². The molecule has 0 saturated carbocycles. The highest BCUT2D eigenvalue weighted by Gasteiger charge is 2.38. The van der Waals surface area contributed by atoms with E-state index < -0.39 is 0 Å². The first-order chi connectivity index (χ1) is 10.5. The molecule has 4 heteroatoms. The van der Waals surface area contributed by atoms with Crippen molar-refractivity contribution in [3.8, 4) is 0 Å². The van der Waals surface area contributed by atoms with Crippen molar-refractivity contribution in [2.75, 3.05) is 13.1 Å². The summed E-state index contributed by atoms with van der Waals surface area (Å²) in [7, 11) is 0. The van der Waals surface area contributed by atoms with Crippen molar-refractivity contribution < 1.29 is 9.18 Å². The van der Waals surface area contributed by atoms with E-state index in [2.05, 4.69) is 19.2 Å². The van der Waals surface area contributed by atoms with E-state index >= 15 is 0 Å². The third-order valence-electron chi connectivity index (χ3n) is 5.00. The molecule has 2 heterocycles. The van der Waals surface area contributed by atoms with Crippen LogP contribution in [-0.4, -0.2) is 29.9 Å². The lowest BCUT2D eigenvalue weighted by molar-refractivity contribution is -0.137. The average Bonchev–Trinajstić information content (AvgIpc) is 2.88. The van der Waals surface area contributed by atoms with Crippen LogP contribution >= 0.6 is 0 Å². The maximum Gasteiger partial charge on any atom is 0.226 e. The molecule has 2 unspecified atom stereocenters. The molecule has 3 rings (SSSR count). The van der Waals surface area contributed by atoms with Gasteiger partial charge in [-0.1, -0.05) is 19.1 Å². The molecule has 1 amide bonds. The first kappa shape index (κ1) is 15.5. The third kappa shape index (κ3) is 3.17. The van der Waals surface area contributed by atoms with Crippen LogP contribution < -0.4 is 5.32 Å². The van der Waals surface area contributed by atoms with Crippen molar-refractivity contribution in [1.29, 1.82) is 0 Å². The second-order valence-electron chi connectivity index (χ2n) is 6.98. The second kappa shape index (κ2) is 6.37. The lowest BCUT2D eigenvalue weighted by atomic mass is 9.91. The van der Waals surface area contributed by atoms with Crippen molar-refractivity contribution in [1.82, 2.24) is 10.2 Å². The fourth-order valence-corrected chi connectivity index (χ4v) is 3.91. The molecule has 1 N–H and O–H groups in total. The highest BCUT2D eigenvalue weighted by Crippen LogP contribution is 2.37. The summed E-state index contributed by atoms with van der Waals surface area (Å²) in [4.78, 5) is 15.0. The lowest BCUT2D eigenvalue weighted by Gasteiger charge is -2.33. The van der Waals surface area contributed by atoms with Crippen LogP contribution in [0.4, 0.5) is 4.39 Å². The molecule has 0 bridgehead atoms. The summed E-state index contributed by atoms with van der Waals surface area (Å²) in [6, 6.07) is 7.15. The Bertz CT molecular complexity index is 548. The van der Waals surface area contributed by atoms with Gasteiger partial charge in [0, 0.05) is 18.5 Å². The number of nitrogens with one attached hydrogen (secondary N) is 1.